The van der Waals surface area contributed by atoms with E-state index in [1.54, 1.807) is 23.2 Å². The van der Waals surface area contributed by atoms with Crippen molar-refractivity contribution in [1.82, 2.24) is 29.9 Å². The molecule has 4 aromatic rings. The molecular formula is C16H15N7O. The van der Waals surface area contributed by atoms with Crippen molar-refractivity contribution in [2.24, 2.45) is 0 Å². The molecule has 0 bridgehead atoms. The van der Waals surface area contributed by atoms with E-state index in [1.807, 2.05) is 18.3 Å². The van der Waals surface area contributed by atoms with E-state index in [2.05, 4.69) is 31.3 Å². The first-order valence-corrected chi connectivity index (χ1v) is 7.61. The van der Waals surface area contributed by atoms with E-state index in [-0.39, 0.29) is 5.95 Å². The first-order valence-electron chi connectivity index (χ1n) is 7.61. The first-order chi connectivity index (χ1) is 11.8. The highest BCUT2D eigenvalue weighted by Crippen LogP contribution is 2.25. The Bertz CT molecular complexity index is 947. The number of rotatable bonds is 5. The summed E-state index contributed by atoms with van der Waals surface area (Å²) in [4.78, 5) is 12.6. The highest BCUT2D eigenvalue weighted by molar-refractivity contribution is 5.85. The molecule has 0 unspecified atom stereocenters. The zero-order valence-corrected chi connectivity index (χ0v) is 12.8. The molecule has 0 aromatic carbocycles. The molecule has 0 fully saturated rings. The van der Waals surface area contributed by atoms with Gasteiger partial charge in [0, 0.05) is 18.9 Å². The van der Waals surface area contributed by atoms with E-state index in [1.165, 1.54) is 5.56 Å². The fraction of sp³-hybridized carbons (Fsp3) is 0.188. The molecule has 8 heteroatoms. The van der Waals surface area contributed by atoms with Crippen LogP contribution in [0.25, 0.3) is 22.6 Å². The molecule has 0 aliphatic heterocycles. The van der Waals surface area contributed by atoms with E-state index >= 15 is 0 Å². The van der Waals surface area contributed by atoms with Gasteiger partial charge in [-0.2, -0.15) is 4.98 Å². The summed E-state index contributed by atoms with van der Waals surface area (Å²) in [5, 5.41) is 8.39. The number of nitrogens with zero attached hydrogens (tertiary/aromatic N) is 6. The maximum atomic E-state index is 5.84. The largest absolute Gasteiger partial charge is 0.463 e. The van der Waals surface area contributed by atoms with Crippen molar-refractivity contribution in [3.63, 3.8) is 0 Å². The van der Waals surface area contributed by atoms with Crippen LogP contribution >= 0.6 is 0 Å². The summed E-state index contributed by atoms with van der Waals surface area (Å²) in [7, 11) is 0. The normalized spacial score (nSPS) is 11.2. The summed E-state index contributed by atoms with van der Waals surface area (Å²) in [6, 6.07) is 7.59. The van der Waals surface area contributed by atoms with E-state index in [9.17, 15) is 0 Å². The van der Waals surface area contributed by atoms with E-state index in [0.29, 0.717) is 29.2 Å². The molecule has 4 rings (SSSR count). The molecule has 0 spiro atoms. The average molecular weight is 321 g/mol. The summed E-state index contributed by atoms with van der Waals surface area (Å²) in [6.07, 6.45) is 7.02. The molecule has 4 heterocycles. The maximum Gasteiger partial charge on any atom is 0.222 e. The Balaban J connectivity index is 1.60. The van der Waals surface area contributed by atoms with Gasteiger partial charge in [-0.3, -0.25) is 4.98 Å². The Morgan fingerprint density at radius 1 is 1.17 bits per heavy atom. The third kappa shape index (κ3) is 2.69. The molecule has 0 saturated heterocycles. The third-order valence-corrected chi connectivity index (χ3v) is 3.69. The van der Waals surface area contributed by atoms with Gasteiger partial charge < -0.3 is 10.2 Å². The number of nitrogen functional groups attached to an aromatic ring is 1. The van der Waals surface area contributed by atoms with Crippen LogP contribution in [0.2, 0.25) is 0 Å². The lowest BCUT2D eigenvalue weighted by molar-refractivity contribution is 0.570. The van der Waals surface area contributed by atoms with Crippen LogP contribution < -0.4 is 5.73 Å². The quantitative estimate of drug-likeness (QED) is 0.599. The minimum atomic E-state index is 0.171. The molecule has 0 atom stereocenters. The SMILES string of the molecule is Nc1nc(-c2ccco2)c2nnn(CCCc3cccnc3)c2n1. The predicted octanol–water partition coefficient (Wildman–Crippen LogP) is 2.09. The molecule has 0 aliphatic carbocycles. The van der Waals surface area contributed by atoms with Crippen molar-refractivity contribution in [1.29, 1.82) is 0 Å². The fourth-order valence-electron chi connectivity index (χ4n) is 2.59. The molecule has 0 radical (unpaired) electrons. The van der Waals surface area contributed by atoms with E-state index < -0.39 is 0 Å². The van der Waals surface area contributed by atoms with Crippen LogP contribution in [0.1, 0.15) is 12.0 Å². The first kappa shape index (κ1) is 14.3. The average Bonchev–Trinajstić information content (AvgIpc) is 3.26. The monoisotopic (exact) mass is 321 g/mol. The highest BCUT2D eigenvalue weighted by atomic mass is 16.3. The number of aryl methyl sites for hydroxylation is 2. The molecule has 0 saturated carbocycles. The number of pyridine rings is 1. The minimum Gasteiger partial charge on any atom is -0.463 e. The molecule has 24 heavy (non-hydrogen) atoms. The summed E-state index contributed by atoms with van der Waals surface area (Å²) in [5.74, 6) is 0.765. The molecule has 0 amide bonds. The Hall–Kier alpha value is -3.29. The van der Waals surface area contributed by atoms with Crippen molar-refractivity contribution in [2.45, 2.75) is 19.4 Å². The number of fused-ring (bicyclic) bond motifs is 1. The summed E-state index contributed by atoms with van der Waals surface area (Å²) >= 11 is 0. The number of aromatic nitrogens is 6. The second kappa shape index (κ2) is 6.07. The second-order valence-corrected chi connectivity index (χ2v) is 5.36. The summed E-state index contributed by atoms with van der Waals surface area (Å²) < 4.78 is 7.15. The van der Waals surface area contributed by atoms with Crippen LogP contribution in [0.15, 0.2) is 47.3 Å². The van der Waals surface area contributed by atoms with Crippen LogP contribution in [0.5, 0.6) is 0 Å². The van der Waals surface area contributed by atoms with Gasteiger partial charge in [-0.1, -0.05) is 11.3 Å². The van der Waals surface area contributed by atoms with Crippen molar-refractivity contribution < 1.29 is 4.42 Å². The van der Waals surface area contributed by atoms with Crippen LogP contribution in [-0.2, 0) is 13.0 Å². The number of nitrogens with two attached hydrogens (primary N) is 1. The molecule has 120 valence electrons. The number of furan rings is 1. The number of anilines is 1. The molecule has 2 N–H and O–H groups in total. The fourth-order valence-corrected chi connectivity index (χ4v) is 2.59. The van der Waals surface area contributed by atoms with Gasteiger partial charge in [0.2, 0.25) is 5.95 Å². The molecule has 8 nitrogen and oxygen atoms in total. The lowest BCUT2D eigenvalue weighted by atomic mass is 10.1. The van der Waals surface area contributed by atoms with E-state index in [4.69, 9.17) is 10.2 Å². The van der Waals surface area contributed by atoms with Gasteiger partial charge in [-0.25, -0.2) is 9.67 Å². The minimum absolute atomic E-state index is 0.171. The zero-order chi connectivity index (χ0) is 16.4. The Kier molecular flexibility index (Phi) is 3.62. The van der Waals surface area contributed by atoms with Gasteiger partial charge in [0.05, 0.1) is 6.26 Å². The van der Waals surface area contributed by atoms with Crippen molar-refractivity contribution in [3.8, 4) is 11.5 Å². The van der Waals surface area contributed by atoms with Gasteiger partial charge in [0.1, 0.15) is 5.69 Å². The molecule has 0 aliphatic rings. The van der Waals surface area contributed by atoms with Gasteiger partial charge in [-0.15, -0.1) is 5.10 Å². The Labute approximate surface area is 137 Å². The van der Waals surface area contributed by atoms with E-state index in [0.717, 1.165) is 12.8 Å². The number of hydrogen-bond acceptors (Lipinski definition) is 7. The van der Waals surface area contributed by atoms with Crippen molar-refractivity contribution >= 4 is 17.1 Å². The van der Waals surface area contributed by atoms with Crippen molar-refractivity contribution in [3.05, 3.63) is 48.5 Å². The van der Waals surface area contributed by atoms with Gasteiger partial charge >= 0.3 is 0 Å². The zero-order valence-electron chi connectivity index (χ0n) is 12.8. The molecular weight excluding hydrogens is 306 g/mol. The summed E-state index contributed by atoms with van der Waals surface area (Å²) in [5.41, 5.74) is 8.78. The summed E-state index contributed by atoms with van der Waals surface area (Å²) in [6.45, 7) is 0.680. The van der Waals surface area contributed by atoms with Gasteiger partial charge in [0.25, 0.3) is 0 Å². The second-order valence-electron chi connectivity index (χ2n) is 5.36. The smallest absolute Gasteiger partial charge is 0.222 e. The van der Waals surface area contributed by atoms with Gasteiger partial charge in [0.15, 0.2) is 16.9 Å². The van der Waals surface area contributed by atoms with Crippen LogP contribution in [0.4, 0.5) is 5.95 Å². The Morgan fingerprint density at radius 2 is 2.12 bits per heavy atom. The maximum absolute atomic E-state index is 5.84. The topological polar surface area (TPSA) is 109 Å². The highest BCUT2D eigenvalue weighted by Gasteiger charge is 2.16. The van der Waals surface area contributed by atoms with Crippen molar-refractivity contribution in [2.75, 3.05) is 5.73 Å². The lowest BCUT2D eigenvalue weighted by Crippen LogP contribution is -2.05. The lowest BCUT2D eigenvalue weighted by Gasteiger charge is -2.03. The van der Waals surface area contributed by atoms with Crippen LogP contribution in [0.3, 0.4) is 0 Å². The third-order valence-electron chi connectivity index (χ3n) is 3.69. The van der Waals surface area contributed by atoms with Crippen LogP contribution in [0, 0.1) is 0 Å². The standard InChI is InChI=1S/C16H15N7O/c17-16-19-13(12-6-3-9-24-12)14-15(20-16)23(22-21-14)8-2-5-11-4-1-7-18-10-11/h1,3-4,6-7,9-10H,2,5,8H2,(H2,17,19,20). The van der Waals surface area contributed by atoms with Crippen LogP contribution in [-0.4, -0.2) is 29.9 Å². The Morgan fingerprint density at radius 3 is 2.92 bits per heavy atom. The van der Waals surface area contributed by atoms with Gasteiger partial charge in [-0.05, 0) is 36.6 Å². The number of hydrogen-bond donors (Lipinski definition) is 1. The predicted molar refractivity (Wildman–Crippen MR) is 87.8 cm³/mol. The molecule has 4 aromatic heterocycles.